The molecular formula is C11H15Cl2NO. The van der Waals surface area contributed by atoms with Gasteiger partial charge in [0.2, 0.25) is 0 Å². The number of benzene rings is 1. The summed E-state index contributed by atoms with van der Waals surface area (Å²) in [5.41, 5.74) is 1.28. The Hall–Kier alpha value is -0.440. The van der Waals surface area contributed by atoms with Crippen molar-refractivity contribution in [2.75, 3.05) is 20.2 Å². The van der Waals surface area contributed by atoms with E-state index in [1.54, 1.807) is 7.11 Å². The van der Waals surface area contributed by atoms with Gasteiger partial charge in [-0.05, 0) is 42.6 Å². The predicted octanol–water partition coefficient (Wildman–Crippen LogP) is 2.85. The third kappa shape index (κ3) is 3.00. The van der Waals surface area contributed by atoms with Crippen LogP contribution >= 0.6 is 24.0 Å². The third-order valence-electron chi connectivity index (χ3n) is 2.66. The summed E-state index contributed by atoms with van der Waals surface area (Å²) >= 11 is 6.01. The number of ether oxygens (including phenoxy) is 1. The minimum absolute atomic E-state index is 0. The summed E-state index contributed by atoms with van der Waals surface area (Å²) in [6.07, 6.45) is 1.18. The normalized spacial score (nSPS) is 19.7. The standard InChI is InChI=1S/C11H14ClNO.ClH/c1-14-11-5-9(4-10(12)6-11)8-2-3-13-7-8;/h4-6,8,13H,2-3,7H2,1H3;1H. The number of hydrogen-bond acceptors (Lipinski definition) is 2. The van der Waals surface area contributed by atoms with Gasteiger partial charge in [0.1, 0.15) is 5.75 Å². The number of rotatable bonds is 2. The van der Waals surface area contributed by atoms with Gasteiger partial charge >= 0.3 is 0 Å². The number of nitrogens with one attached hydrogen (secondary N) is 1. The molecule has 0 amide bonds. The quantitative estimate of drug-likeness (QED) is 0.868. The van der Waals surface area contributed by atoms with Crippen LogP contribution in [0.3, 0.4) is 0 Å². The highest BCUT2D eigenvalue weighted by atomic mass is 35.5. The topological polar surface area (TPSA) is 21.3 Å². The lowest BCUT2D eigenvalue weighted by atomic mass is 9.98. The number of hydrogen-bond donors (Lipinski definition) is 1. The van der Waals surface area contributed by atoms with Crippen molar-refractivity contribution in [2.45, 2.75) is 12.3 Å². The fourth-order valence-corrected chi connectivity index (χ4v) is 2.11. The minimum atomic E-state index is 0. The molecule has 1 fully saturated rings. The fourth-order valence-electron chi connectivity index (χ4n) is 1.88. The molecule has 1 aliphatic rings. The zero-order valence-corrected chi connectivity index (χ0v) is 10.2. The molecule has 1 aliphatic heterocycles. The second-order valence-electron chi connectivity index (χ2n) is 3.61. The first-order chi connectivity index (χ1) is 6.79. The summed E-state index contributed by atoms with van der Waals surface area (Å²) in [6.45, 7) is 2.14. The molecule has 0 aromatic heterocycles. The molecule has 2 nitrogen and oxygen atoms in total. The molecular weight excluding hydrogens is 233 g/mol. The second kappa shape index (κ2) is 5.59. The first-order valence-corrected chi connectivity index (χ1v) is 5.22. The van der Waals surface area contributed by atoms with E-state index in [1.165, 1.54) is 12.0 Å². The van der Waals surface area contributed by atoms with Gasteiger partial charge in [-0.25, -0.2) is 0 Å². The summed E-state index contributed by atoms with van der Waals surface area (Å²) in [5, 5.41) is 4.10. The number of methoxy groups -OCH3 is 1. The lowest BCUT2D eigenvalue weighted by Gasteiger charge is -2.11. The van der Waals surface area contributed by atoms with Crippen LogP contribution in [0.5, 0.6) is 5.75 Å². The largest absolute Gasteiger partial charge is 0.497 e. The highest BCUT2D eigenvalue weighted by Crippen LogP contribution is 2.29. The van der Waals surface area contributed by atoms with Crippen LogP contribution in [0.2, 0.25) is 5.02 Å². The Kier molecular flexibility index (Phi) is 4.71. The molecule has 0 saturated carbocycles. The molecule has 1 unspecified atom stereocenters. The van der Waals surface area contributed by atoms with E-state index < -0.39 is 0 Å². The summed E-state index contributed by atoms with van der Waals surface area (Å²) in [4.78, 5) is 0. The minimum Gasteiger partial charge on any atom is -0.497 e. The molecule has 0 aliphatic carbocycles. The van der Waals surface area contributed by atoms with Gasteiger partial charge in [-0.15, -0.1) is 12.4 Å². The molecule has 15 heavy (non-hydrogen) atoms. The Morgan fingerprint density at radius 1 is 1.40 bits per heavy atom. The molecule has 0 radical (unpaired) electrons. The molecule has 84 valence electrons. The van der Waals surface area contributed by atoms with Crippen LogP contribution in [0.25, 0.3) is 0 Å². The van der Waals surface area contributed by atoms with Gasteiger partial charge in [-0.2, -0.15) is 0 Å². The van der Waals surface area contributed by atoms with Crippen molar-refractivity contribution in [3.63, 3.8) is 0 Å². The zero-order valence-electron chi connectivity index (χ0n) is 8.63. The van der Waals surface area contributed by atoms with Crippen LogP contribution < -0.4 is 10.1 Å². The SMILES string of the molecule is COc1cc(Cl)cc(C2CCNC2)c1.Cl. The predicted molar refractivity (Wildman–Crippen MR) is 65.5 cm³/mol. The van der Waals surface area contributed by atoms with Gasteiger partial charge in [0.25, 0.3) is 0 Å². The van der Waals surface area contributed by atoms with Crippen molar-refractivity contribution < 1.29 is 4.74 Å². The molecule has 1 aromatic carbocycles. The smallest absolute Gasteiger partial charge is 0.120 e. The fraction of sp³-hybridized carbons (Fsp3) is 0.455. The van der Waals surface area contributed by atoms with Gasteiger partial charge in [-0.3, -0.25) is 0 Å². The van der Waals surface area contributed by atoms with E-state index in [-0.39, 0.29) is 12.4 Å². The molecule has 2 rings (SSSR count). The highest BCUT2D eigenvalue weighted by molar-refractivity contribution is 6.30. The van der Waals surface area contributed by atoms with E-state index in [4.69, 9.17) is 16.3 Å². The first kappa shape index (κ1) is 12.6. The van der Waals surface area contributed by atoms with Crippen molar-refractivity contribution in [1.82, 2.24) is 5.32 Å². The molecule has 0 spiro atoms. The van der Waals surface area contributed by atoms with E-state index in [1.807, 2.05) is 12.1 Å². The average molecular weight is 248 g/mol. The lowest BCUT2D eigenvalue weighted by molar-refractivity contribution is 0.414. The Balaban J connectivity index is 0.00000112. The molecule has 1 N–H and O–H groups in total. The van der Waals surface area contributed by atoms with Crippen molar-refractivity contribution in [3.8, 4) is 5.75 Å². The first-order valence-electron chi connectivity index (χ1n) is 4.85. The summed E-state index contributed by atoms with van der Waals surface area (Å²) in [5.74, 6) is 1.43. The molecule has 0 bridgehead atoms. The maximum Gasteiger partial charge on any atom is 0.120 e. The molecule has 1 aromatic rings. The van der Waals surface area contributed by atoms with Crippen molar-refractivity contribution in [3.05, 3.63) is 28.8 Å². The Bertz CT molecular complexity index is 324. The van der Waals surface area contributed by atoms with E-state index in [0.29, 0.717) is 5.92 Å². The van der Waals surface area contributed by atoms with Gasteiger partial charge in [0.05, 0.1) is 7.11 Å². The Labute approximate surface area is 101 Å². The van der Waals surface area contributed by atoms with Gasteiger partial charge in [0.15, 0.2) is 0 Å². The van der Waals surface area contributed by atoms with E-state index in [0.717, 1.165) is 23.9 Å². The summed E-state index contributed by atoms with van der Waals surface area (Å²) in [6, 6.07) is 5.94. The molecule has 4 heteroatoms. The maximum absolute atomic E-state index is 6.01. The van der Waals surface area contributed by atoms with Gasteiger partial charge in [-0.1, -0.05) is 11.6 Å². The molecule has 1 saturated heterocycles. The summed E-state index contributed by atoms with van der Waals surface area (Å²) in [7, 11) is 1.67. The summed E-state index contributed by atoms with van der Waals surface area (Å²) < 4.78 is 5.19. The molecule has 1 atom stereocenters. The molecule has 1 heterocycles. The van der Waals surface area contributed by atoms with Crippen LogP contribution in [0.15, 0.2) is 18.2 Å². The average Bonchev–Trinajstić information content (AvgIpc) is 2.69. The third-order valence-corrected chi connectivity index (χ3v) is 2.88. The van der Waals surface area contributed by atoms with Crippen LogP contribution in [0.4, 0.5) is 0 Å². The van der Waals surface area contributed by atoms with Crippen molar-refractivity contribution in [2.24, 2.45) is 0 Å². The van der Waals surface area contributed by atoms with Crippen LogP contribution in [-0.4, -0.2) is 20.2 Å². The number of halogens is 2. The van der Waals surface area contributed by atoms with Crippen LogP contribution in [0, 0.1) is 0 Å². The second-order valence-corrected chi connectivity index (χ2v) is 4.05. The van der Waals surface area contributed by atoms with E-state index >= 15 is 0 Å². The van der Waals surface area contributed by atoms with Gasteiger partial charge in [0, 0.05) is 11.6 Å². The van der Waals surface area contributed by atoms with E-state index in [9.17, 15) is 0 Å². The Morgan fingerprint density at radius 2 is 2.20 bits per heavy atom. The zero-order chi connectivity index (χ0) is 9.97. The Morgan fingerprint density at radius 3 is 2.80 bits per heavy atom. The maximum atomic E-state index is 6.01. The highest BCUT2D eigenvalue weighted by Gasteiger charge is 2.17. The van der Waals surface area contributed by atoms with Crippen LogP contribution in [-0.2, 0) is 0 Å². The monoisotopic (exact) mass is 247 g/mol. The van der Waals surface area contributed by atoms with Gasteiger partial charge < -0.3 is 10.1 Å². The van der Waals surface area contributed by atoms with Crippen molar-refractivity contribution in [1.29, 1.82) is 0 Å². The van der Waals surface area contributed by atoms with E-state index in [2.05, 4.69) is 11.4 Å². The van der Waals surface area contributed by atoms with Crippen LogP contribution in [0.1, 0.15) is 17.9 Å². The lowest BCUT2D eigenvalue weighted by Crippen LogP contribution is -2.08. The van der Waals surface area contributed by atoms with Crippen molar-refractivity contribution >= 4 is 24.0 Å².